The van der Waals surface area contributed by atoms with Crippen LogP contribution in [0.3, 0.4) is 0 Å². The predicted octanol–water partition coefficient (Wildman–Crippen LogP) is 4.74. The normalized spacial score (nSPS) is 10.9. The van der Waals surface area contributed by atoms with Gasteiger partial charge in [-0.3, -0.25) is 9.48 Å². The van der Waals surface area contributed by atoms with Gasteiger partial charge in [0.05, 0.1) is 17.5 Å². The number of benzene rings is 2. The first-order valence-corrected chi connectivity index (χ1v) is 9.04. The average Bonchev–Trinajstić information content (AvgIpc) is 3.00. The molecule has 0 saturated heterocycles. The van der Waals surface area contributed by atoms with Crippen LogP contribution in [0.4, 0.5) is 5.69 Å². The van der Waals surface area contributed by atoms with E-state index in [0.717, 1.165) is 11.3 Å². The summed E-state index contributed by atoms with van der Waals surface area (Å²) >= 11 is 0. The van der Waals surface area contributed by atoms with Gasteiger partial charge in [-0.05, 0) is 63.1 Å². The van der Waals surface area contributed by atoms with E-state index in [1.165, 1.54) is 11.1 Å². The largest absolute Gasteiger partial charge is 0.489 e. The molecule has 140 valence electrons. The quantitative estimate of drug-likeness (QED) is 0.712. The minimum Gasteiger partial charge on any atom is -0.489 e. The maximum absolute atomic E-state index is 12.7. The number of hydrogen-bond donors (Lipinski definition) is 1. The van der Waals surface area contributed by atoms with Crippen molar-refractivity contribution in [3.63, 3.8) is 0 Å². The molecule has 0 spiro atoms. The first-order valence-electron chi connectivity index (χ1n) is 9.04. The van der Waals surface area contributed by atoms with E-state index >= 15 is 0 Å². The highest BCUT2D eigenvalue weighted by molar-refractivity contribution is 6.04. The zero-order chi connectivity index (χ0) is 19.6. The molecule has 1 N–H and O–H groups in total. The Morgan fingerprint density at radius 2 is 1.81 bits per heavy atom. The number of aromatic nitrogens is 2. The zero-order valence-electron chi connectivity index (χ0n) is 16.4. The summed E-state index contributed by atoms with van der Waals surface area (Å²) < 4.78 is 7.50. The second kappa shape index (κ2) is 7.66. The van der Waals surface area contributed by atoms with Crippen LogP contribution in [0.15, 0.2) is 48.5 Å². The molecular formula is C22H25N3O2. The third-order valence-electron chi connectivity index (χ3n) is 4.41. The van der Waals surface area contributed by atoms with Crippen molar-refractivity contribution in [2.45, 2.75) is 33.8 Å². The van der Waals surface area contributed by atoms with Gasteiger partial charge in [-0.2, -0.15) is 5.10 Å². The molecule has 0 fully saturated rings. The van der Waals surface area contributed by atoms with Gasteiger partial charge in [0.1, 0.15) is 5.75 Å². The topological polar surface area (TPSA) is 56.1 Å². The van der Waals surface area contributed by atoms with Gasteiger partial charge in [0.2, 0.25) is 0 Å². The molecule has 1 aromatic heterocycles. The van der Waals surface area contributed by atoms with Crippen molar-refractivity contribution in [2.24, 2.45) is 7.05 Å². The molecule has 0 aliphatic carbocycles. The van der Waals surface area contributed by atoms with Crippen LogP contribution in [0.1, 0.15) is 35.5 Å². The van der Waals surface area contributed by atoms with Crippen LogP contribution in [0.25, 0.3) is 11.3 Å². The van der Waals surface area contributed by atoms with Crippen LogP contribution < -0.4 is 10.1 Å². The van der Waals surface area contributed by atoms with E-state index in [-0.39, 0.29) is 12.0 Å². The first-order chi connectivity index (χ1) is 12.8. The third kappa shape index (κ3) is 4.19. The summed E-state index contributed by atoms with van der Waals surface area (Å²) in [5, 5.41) is 7.29. The van der Waals surface area contributed by atoms with E-state index < -0.39 is 0 Å². The smallest absolute Gasteiger partial charge is 0.276 e. The fraction of sp³-hybridized carbons (Fsp3) is 0.273. The van der Waals surface area contributed by atoms with Gasteiger partial charge in [-0.25, -0.2) is 0 Å². The Kier molecular flexibility index (Phi) is 5.31. The second-order valence-electron chi connectivity index (χ2n) is 6.95. The Hall–Kier alpha value is -3.08. The van der Waals surface area contributed by atoms with Gasteiger partial charge in [-0.15, -0.1) is 0 Å². The number of para-hydroxylation sites is 2. The lowest BCUT2D eigenvalue weighted by atomic mass is 10.0. The molecule has 1 amide bonds. The molecule has 0 aliphatic rings. The van der Waals surface area contributed by atoms with Crippen LogP contribution in [-0.4, -0.2) is 21.8 Å². The molecule has 5 nitrogen and oxygen atoms in total. The second-order valence-corrected chi connectivity index (χ2v) is 6.95. The molecule has 0 aliphatic heterocycles. The number of nitrogens with one attached hydrogen (secondary N) is 1. The number of aryl methyl sites for hydroxylation is 3. The Morgan fingerprint density at radius 1 is 1.07 bits per heavy atom. The summed E-state index contributed by atoms with van der Waals surface area (Å²) in [5.74, 6) is 0.381. The van der Waals surface area contributed by atoms with Crippen LogP contribution in [-0.2, 0) is 7.05 Å². The number of ether oxygens (including phenoxy) is 1. The Labute approximate surface area is 160 Å². The summed E-state index contributed by atoms with van der Waals surface area (Å²) in [5.41, 5.74) is 5.38. The molecule has 3 aromatic rings. The molecule has 0 radical (unpaired) electrons. The Morgan fingerprint density at radius 3 is 2.52 bits per heavy atom. The van der Waals surface area contributed by atoms with Crippen LogP contribution in [0.5, 0.6) is 5.75 Å². The van der Waals surface area contributed by atoms with Crippen LogP contribution in [0.2, 0.25) is 0 Å². The fourth-order valence-corrected chi connectivity index (χ4v) is 2.86. The summed E-state index contributed by atoms with van der Waals surface area (Å²) in [7, 11) is 1.84. The van der Waals surface area contributed by atoms with Crippen molar-refractivity contribution >= 4 is 11.6 Å². The SMILES string of the molecule is Cc1ccc(-c2cc(C(=O)Nc3ccccc3OC(C)C)nn2C)cc1C. The minimum atomic E-state index is -0.263. The van der Waals surface area contributed by atoms with E-state index in [0.29, 0.717) is 17.1 Å². The van der Waals surface area contributed by atoms with Gasteiger partial charge in [0.15, 0.2) is 5.69 Å². The molecule has 0 atom stereocenters. The highest BCUT2D eigenvalue weighted by Gasteiger charge is 2.16. The number of amides is 1. The van der Waals surface area contributed by atoms with Gasteiger partial charge in [0.25, 0.3) is 5.91 Å². The number of nitrogens with zero attached hydrogens (tertiary/aromatic N) is 2. The molecule has 0 bridgehead atoms. The van der Waals surface area contributed by atoms with Gasteiger partial charge in [-0.1, -0.05) is 24.3 Å². The molecular weight excluding hydrogens is 338 g/mol. The summed E-state index contributed by atoms with van der Waals surface area (Å²) in [6.45, 7) is 8.06. The predicted molar refractivity (Wildman–Crippen MR) is 108 cm³/mol. The van der Waals surface area contributed by atoms with Gasteiger partial charge < -0.3 is 10.1 Å². The number of anilines is 1. The van der Waals surface area contributed by atoms with E-state index in [2.05, 4.69) is 36.4 Å². The summed E-state index contributed by atoms with van der Waals surface area (Å²) in [6, 6.07) is 15.5. The molecule has 3 rings (SSSR count). The lowest BCUT2D eigenvalue weighted by Crippen LogP contribution is -2.15. The number of rotatable bonds is 5. The van der Waals surface area contributed by atoms with Crippen molar-refractivity contribution in [1.82, 2.24) is 9.78 Å². The van der Waals surface area contributed by atoms with Crippen LogP contribution >= 0.6 is 0 Å². The lowest BCUT2D eigenvalue weighted by molar-refractivity contribution is 0.102. The standard InChI is InChI=1S/C22H25N3O2/c1-14(2)27-21-9-7-6-8-18(21)23-22(26)19-13-20(25(5)24-19)17-11-10-15(3)16(4)12-17/h6-14H,1-5H3,(H,23,26). The summed E-state index contributed by atoms with van der Waals surface area (Å²) in [4.78, 5) is 12.7. The first kappa shape index (κ1) is 18.7. The maximum Gasteiger partial charge on any atom is 0.276 e. The average molecular weight is 363 g/mol. The molecule has 0 saturated carbocycles. The minimum absolute atomic E-state index is 0.0225. The molecule has 2 aromatic carbocycles. The number of carbonyl (C=O) groups excluding carboxylic acids is 1. The van der Waals surface area contributed by atoms with E-state index in [9.17, 15) is 4.79 Å². The van der Waals surface area contributed by atoms with Crippen molar-refractivity contribution in [2.75, 3.05) is 5.32 Å². The molecule has 0 unspecified atom stereocenters. The van der Waals surface area contributed by atoms with E-state index in [1.54, 1.807) is 4.68 Å². The number of hydrogen-bond acceptors (Lipinski definition) is 3. The summed E-state index contributed by atoms with van der Waals surface area (Å²) in [6.07, 6.45) is 0.0225. The Balaban J connectivity index is 1.86. The highest BCUT2D eigenvalue weighted by atomic mass is 16.5. The van der Waals surface area contributed by atoms with Crippen molar-refractivity contribution in [3.05, 3.63) is 65.4 Å². The van der Waals surface area contributed by atoms with Crippen molar-refractivity contribution in [3.8, 4) is 17.0 Å². The van der Waals surface area contributed by atoms with Crippen molar-refractivity contribution in [1.29, 1.82) is 0 Å². The molecule has 27 heavy (non-hydrogen) atoms. The lowest BCUT2D eigenvalue weighted by Gasteiger charge is -2.14. The van der Waals surface area contributed by atoms with E-state index in [4.69, 9.17) is 4.74 Å². The maximum atomic E-state index is 12.7. The number of carbonyl (C=O) groups is 1. The van der Waals surface area contributed by atoms with Crippen LogP contribution in [0, 0.1) is 13.8 Å². The highest BCUT2D eigenvalue weighted by Crippen LogP contribution is 2.26. The fourth-order valence-electron chi connectivity index (χ4n) is 2.86. The Bertz CT molecular complexity index is 973. The monoisotopic (exact) mass is 363 g/mol. The third-order valence-corrected chi connectivity index (χ3v) is 4.41. The molecule has 1 heterocycles. The van der Waals surface area contributed by atoms with E-state index in [1.807, 2.05) is 57.3 Å². The van der Waals surface area contributed by atoms with Gasteiger partial charge in [0, 0.05) is 12.6 Å². The van der Waals surface area contributed by atoms with Crippen molar-refractivity contribution < 1.29 is 9.53 Å². The van der Waals surface area contributed by atoms with Gasteiger partial charge >= 0.3 is 0 Å². The zero-order valence-corrected chi connectivity index (χ0v) is 16.4. The molecule has 5 heteroatoms.